The third-order valence-electron chi connectivity index (χ3n) is 5.93. The summed E-state index contributed by atoms with van der Waals surface area (Å²) < 4.78 is 5.49. The number of ether oxygens (including phenoxy) is 1. The minimum atomic E-state index is -0.530. The van der Waals surface area contributed by atoms with Gasteiger partial charge >= 0.3 is 0 Å². The van der Waals surface area contributed by atoms with Crippen molar-refractivity contribution in [3.8, 4) is 0 Å². The average Bonchev–Trinajstić information content (AvgIpc) is 3.41. The maximum atomic E-state index is 13.3. The van der Waals surface area contributed by atoms with Crippen LogP contribution in [0.5, 0.6) is 0 Å². The Hall–Kier alpha value is -3.54. The number of likely N-dealkylation sites (tertiary alicyclic amines) is 1. The molecule has 2 heterocycles. The van der Waals surface area contributed by atoms with Crippen molar-refractivity contribution < 1.29 is 14.6 Å². The number of hydrogen-bond acceptors (Lipinski definition) is 8. The Morgan fingerprint density at radius 3 is 2.47 bits per heavy atom. The van der Waals surface area contributed by atoms with Gasteiger partial charge in [-0.25, -0.2) is 10.4 Å². The molecule has 1 atom stereocenters. The summed E-state index contributed by atoms with van der Waals surface area (Å²) in [5, 5.41) is 20.3. The number of likely N-dealkylation sites (N-methyl/N-ethyl adjacent to an activating group) is 1. The molecule has 2 saturated heterocycles. The third kappa shape index (κ3) is 8.51. The van der Waals surface area contributed by atoms with Crippen molar-refractivity contribution >= 4 is 29.4 Å². The highest BCUT2D eigenvalue weighted by molar-refractivity contribution is 6.38. The number of aliphatic hydroxyl groups is 1. The fraction of sp³-hybridized carbons (Fsp3) is 0.481. The van der Waals surface area contributed by atoms with Crippen molar-refractivity contribution in [2.24, 2.45) is 20.9 Å². The molecule has 11 heteroatoms. The largest absolute Gasteiger partial charge is 0.404 e. The molecule has 2 fully saturated rings. The molecule has 2 aliphatic heterocycles. The summed E-state index contributed by atoms with van der Waals surface area (Å²) in [7, 11) is 1.72. The normalized spacial score (nSPS) is 18.9. The Balaban J connectivity index is 0.00000247. The van der Waals surface area contributed by atoms with E-state index in [0.717, 1.165) is 5.56 Å². The summed E-state index contributed by atoms with van der Waals surface area (Å²) >= 11 is 0. The van der Waals surface area contributed by atoms with E-state index in [4.69, 9.17) is 10.5 Å². The maximum Gasteiger partial charge on any atom is 0.290 e. The Morgan fingerprint density at radius 1 is 1.24 bits per heavy atom. The molecule has 2 aliphatic rings. The van der Waals surface area contributed by atoms with Crippen LogP contribution in [0.3, 0.4) is 0 Å². The van der Waals surface area contributed by atoms with Crippen LogP contribution in [0, 0.1) is 0 Å². The van der Waals surface area contributed by atoms with Crippen LogP contribution in [0.1, 0.15) is 32.8 Å². The molecule has 0 aliphatic carbocycles. The summed E-state index contributed by atoms with van der Waals surface area (Å²) in [6, 6.07) is 9.64. The van der Waals surface area contributed by atoms with Gasteiger partial charge in [0.15, 0.2) is 5.84 Å². The lowest BCUT2D eigenvalue weighted by Gasteiger charge is -2.30. The number of hydrazine groups is 1. The highest BCUT2D eigenvalue weighted by Gasteiger charge is 2.31. The molecule has 0 aromatic heterocycles. The van der Waals surface area contributed by atoms with E-state index in [-0.39, 0.29) is 18.3 Å². The Morgan fingerprint density at radius 2 is 1.92 bits per heavy atom. The number of aliphatic hydroxyl groups excluding tert-OH is 1. The molecule has 1 unspecified atom stereocenters. The topological polar surface area (TPSA) is 131 Å². The van der Waals surface area contributed by atoms with Crippen LogP contribution in [-0.4, -0.2) is 103 Å². The highest BCUT2D eigenvalue weighted by atomic mass is 16.5. The first-order valence-corrected chi connectivity index (χ1v) is 13.1. The first-order chi connectivity index (χ1) is 18.5. The SMILES string of the molecule is C=C(N=C(C(=O)N1CCC(O)C1)N(CC)NC)\C(=N/N=C\C(=C/N)c1ccccc1)N1CCOCC1.CC. The lowest BCUT2D eigenvalue weighted by atomic mass is 10.1. The van der Waals surface area contributed by atoms with E-state index >= 15 is 0 Å². The lowest BCUT2D eigenvalue weighted by Crippen LogP contribution is -2.50. The number of allylic oxidation sites excluding steroid dienone is 1. The first-order valence-electron chi connectivity index (χ1n) is 13.1. The second-order valence-electron chi connectivity index (χ2n) is 8.30. The summed E-state index contributed by atoms with van der Waals surface area (Å²) in [4.78, 5) is 21.5. The fourth-order valence-electron chi connectivity index (χ4n) is 3.95. The fourth-order valence-corrected chi connectivity index (χ4v) is 3.95. The van der Waals surface area contributed by atoms with Gasteiger partial charge in [0.05, 0.1) is 25.5 Å². The lowest BCUT2D eigenvalue weighted by molar-refractivity contribution is -0.124. The van der Waals surface area contributed by atoms with Gasteiger partial charge in [-0.15, -0.1) is 5.10 Å². The van der Waals surface area contributed by atoms with E-state index in [1.54, 1.807) is 23.2 Å². The van der Waals surface area contributed by atoms with Gasteiger partial charge in [-0.3, -0.25) is 9.80 Å². The number of amides is 1. The van der Waals surface area contributed by atoms with Gasteiger partial charge < -0.3 is 25.4 Å². The van der Waals surface area contributed by atoms with Gasteiger partial charge in [0, 0.05) is 51.5 Å². The van der Waals surface area contributed by atoms with Gasteiger partial charge in [-0.05, 0) is 18.9 Å². The quantitative estimate of drug-likeness (QED) is 0.280. The minimum absolute atomic E-state index is 0.177. The van der Waals surface area contributed by atoms with E-state index < -0.39 is 6.10 Å². The molecule has 1 aromatic carbocycles. The van der Waals surface area contributed by atoms with Crippen molar-refractivity contribution in [2.75, 3.05) is 53.0 Å². The van der Waals surface area contributed by atoms with Crippen LogP contribution in [-0.2, 0) is 9.53 Å². The van der Waals surface area contributed by atoms with Crippen molar-refractivity contribution in [2.45, 2.75) is 33.3 Å². The zero-order chi connectivity index (χ0) is 27.9. The molecule has 38 heavy (non-hydrogen) atoms. The molecular weight excluding hydrogens is 484 g/mol. The first kappa shape index (κ1) is 30.7. The Bertz CT molecular complexity index is 1010. The number of β-amino-alcohol motifs (C(OH)–C–C–N with tert-alkyl or cyclic N) is 1. The van der Waals surface area contributed by atoms with E-state index in [2.05, 4.69) is 27.2 Å². The molecule has 0 radical (unpaired) electrons. The molecule has 0 saturated carbocycles. The number of carbonyl (C=O) groups excluding carboxylic acids is 1. The highest BCUT2D eigenvalue weighted by Crippen LogP contribution is 2.14. The van der Waals surface area contributed by atoms with Crippen LogP contribution < -0.4 is 11.2 Å². The minimum Gasteiger partial charge on any atom is -0.404 e. The van der Waals surface area contributed by atoms with Gasteiger partial charge in [0.2, 0.25) is 5.84 Å². The predicted octanol–water partition coefficient (Wildman–Crippen LogP) is 1.69. The number of rotatable bonds is 7. The van der Waals surface area contributed by atoms with Crippen LogP contribution in [0.4, 0.5) is 0 Å². The molecule has 0 bridgehead atoms. The van der Waals surface area contributed by atoms with E-state index in [9.17, 15) is 9.90 Å². The summed E-state index contributed by atoms with van der Waals surface area (Å²) in [6.45, 7) is 13.5. The average molecular weight is 527 g/mol. The number of nitrogens with two attached hydrogens (primary N) is 1. The molecule has 1 amide bonds. The van der Waals surface area contributed by atoms with E-state index in [0.29, 0.717) is 62.9 Å². The maximum absolute atomic E-state index is 13.3. The molecule has 4 N–H and O–H groups in total. The molecular formula is C27H42N8O3. The number of nitrogens with zero attached hydrogens (tertiary/aromatic N) is 6. The smallest absolute Gasteiger partial charge is 0.290 e. The van der Waals surface area contributed by atoms with Gasteiger partial charge in [0.25, 0.3) is 5.91 Å². The predicted molar refractivity (Wildman–Crippen MR) is 153 cm³/mol. The zero-order valence-corrected chi connectivity index (χ0v) is 23.0. The van der Waals surface area contributed by atoms with Crippen molar-refractivity contribution in [1.82, 2.24) is 20.2 Å². The van der Waals surface area contributed by atoms with E-state index in [1.807, 2.05) is 56.0 Å². The van der Waals surface area contributed by atoms with Crippen LogP contribution >= 0.6 is 0 Å². The van der Waals surface area contributed by atoms with Crippen LogP contribution in [0.15, 0.2) is 64.0 Å². The second kappa shape index (κ2) is 16.3. The van der Waals surface area contributed by atoms with Crippen molar-refractivity contribution in [3.63, 3.8) is 0 Å². The Labute approximate surface area is 226 Å². The van der Waals surface area contributed by atoms with Gasteiger partial charge in [-0.1, -0.05) is 50.8 Å². The molecule has 3 rings (SSSR count). The number of aliphatic imine (C=N–C) groups is 1. The number of nitrogens with one attached hydrogen (secondary N) is 1. The summed E-state index contributed by atoms with van der Waals surface area (Å²) in [6.07, 6.45) is 3.07. The summed E-state index contributed by atoms with van der Waals surface area (Å²) in [5.74, 6) is 0.333. The number of morpholine rings is 1. The number of amidine groups is 2. The van der Waals surface area contributed by atoms with Gasteiger partial charge in [0.1, 0.15) is 5.70 Å². The molecule has 11 nitrogen and oxygen atoms in total. The standard InChI is InChI=1S/C25H36N8O3.C2H6/c1-4-33(27-3)24(25(35)32-11-10-22(34)18-32)29-19(2)23(31-12-14-36-15-13-31)30-28-17-21(16-26)20-8-6-5-7-9-20;1-2/h5-9,16-17,22,27,34H,2,4,10-15,18,26H2,1,3H3;1-2H3/b21-16+,28-17-,29-24?,30-23+;. The number of benzene rings is 1. The Kier molecular flexibility index (Phi) is 13.2. The second-order valence-corrected chi connectivity index (χ2v) is 8.30. The number of hydrogen-bond donors (Lipinski definition) is 3. The van der Waals surface area contributed by atoms with Crippen molar-refractivity contribution in [1.29, 1.82) is 0 Å². The van der Waals surface area contributed by atoms with Crippen molar-refractivity contribution in [3.05, 3.63) is 54.4 Å². The number of carbonyl (C=O) groups is 1. The zero-order valence-electron chi connectivity index (χ0n) is 23.0. The van der Waals surface area contributed by atoms with Crippen LogP contribution in [0.2, 0.25) is 0 Å². The van der Waals surface area contributed by atoms with Gasteiger partial charge in [-0.2, -0.15) is 5.10 Å². The van der Waals surface area contributed by atoms with E-state index in [1.165, 1.54) is 6.20 Å². The monoisotopic (exact) mass is 526 g/mol. The molecule has 208 valence electrons. The molecule has 1 aromatic rings. The third-order valence-corrected chi connectivity index (χ3v) is 5.93. The molecule has 0 spiro atoms. The summed E-state index contributed by atoms with van der Waals surface area (Å²) in [5.41, 5.74) is 10.7. The van der Waals surface area contributed by atoms with Crippen LogP contribution in [0.25, 0.3) is 5.57 Å².